The molecule has 2 aliphatic rings. The Kier molecular flexibility index (Phi) is 4.01. The third-order valence-corrected chi connectivity index (χ3v) is 5.17. The molecule has 2 aromatic heterocycles. The van der Waals surface area contributed by atoms with Crippen LogP contribution in [-0.4, -0.2) is 33.4 Å². The van der Waals surface area contributed by atoms with Gasteiger partial charge in [0.05, 0.1) is 13.2 Å². The van der Waals surface area contributed by atoms with Gasteiger partial charge in [-0.05, 0) is 37.5 Å². The fourth-order valence-electron chi connectivity index (χ4n) is 3.46. The molecule has 0 spiro atoms. The summed E-state index contributed by atoms with van der Waals surface area (Å²) in [6.07, 6.45) is 2.44. The molecule has 1 aliphatic carbocycles. The Balaban J connectivity index is 1.38. The fourth-order valence-corrected chi connectivity index (χ4v) is 3.46. The third kappa shape index (κ3) is 3.31. The zero-order chi connectivity index (χ0) is 19.1. The molecule has 0 bridgehead atoms. The summed E-state index contributed by atoms with van der Waals surface area (Å²) in [7, 11) is 0. The molecule has 7 nitrogen and oxygen atoms in total. The molecule has 0 atom stereocenters. The molecule has 3 heterocycles. The number of halogens is 1. The maximum atomic E-state index is 13.3. The van der Waals surface area contributed by atoms with Crippen LogP contribution in [0.4, 0.5) is 21.8 Å². The first-order valence-electron chi connectivity index (χ1n) is 9.40. The van der Waals surface area contributed by atoms with Crippen LogP contribution in [0.5, 0.6) is 0 Å². The molecular weight excluding hydrogens is 359 g/mol. The number of rotatable bonds is 6. The molecule has 1 saturated heterocycles. The summed E-state index contributed by atoms with van der Waals surface area (Å²) in [4.78, 5) is 8.97. The van der Waals surface area contributed by atoms with Crippen molar-refractivity contribution in [2.45, 2.75) is 31.2 Å². The Bertz CT molecular complexity index is 994. The van der Waals surface area contributed by atoms with Gasteiger partial charge >= 0.3 is 0 Å². The first-order chi connectivity index (χ1) is 13.6. The highest BCUT2D eigenvalue weighted by Crippen LogP contribution is 2.39. The summed E-state index contributed by atoms with van der Waals surface area (Å²) in [5, 5.41) is 14.1. The summed E-state index contributed by atoms with van der Waals surface area (Å²) < 4.78 is 18.8. The van der Waals surface area contributed by atoms with Crippen LogP contribution in [0.15, 0.2) is 36.4 Å². The lowest BCUT2D eigenvalue weighted by Crippen LogP contribution is -2.53. The standard InChI is InChI=1S/C20H21FN6O/c1-12-22-17(24-19-8-16(26-27-19)13-2-3-13)9-18(23-12)25-20(10-28-11-20)14-4-6-15(21)7-5-14/h4-9,13H,2-3,10-11H2,1H3,(H3,22,23,24,25,26,27). The van der Waals surface area contributed by atoms with Gasteiger partial charge in [0.1, 0.15) is 28.8 Å². The first-order valence-corrected chi connectivity index (χ1v) is 9.40. The second kappa shape index (κ2) is 6.56. The average Bonchev–Trinajstić information content (AvgIpc) is 3.38. The third-order valence-electron chi connectivity index (χ3n) is 5.17. The highest BCUT2D eigenvalue weighted by atomic mass is 19.1. The summed E-state index contributed by atoms with van der Waals surface area (Å²) in [6, 6.07) is 10.4. The van der Waals surface area contributed by atoms with E-state index in [0.717, 1.165) is 17.1 Å². The van der Waals surface area contributed by atoms with Crippen LogP contribution in [0.1, 0.15) is 35.8 Å². The summed E-state index contributed by atoms with van der Waals surface area (Å²) in [6.45, 7) is 2.83. The van der Waals surface area contributed by atoms with E-state index in [1.54, 1.807) is 12.1 Å². The molecule has 0 unspecified atom stereocenters. The molecule has 144 valence electrons. The van der Waals surface area contributed by atoms with E-state index in [-0.39, 0.29) is 5.82 Å². The molecule has 3 N–H and O–H groups in total. The van der Waals surface area contributed by atoms with Crippen LogP contribution >= 0.6 is 0 Å². The molecule has 5 rings (SSSR count). The van der Waals surface area contributed by atoms with Crippen molar-refractivity contribution in [2.24, 2.45) is 0 Å². The number of nitrogens with zero attached hydrogens (tertiary/aromatic N) is 3. The van der Waals surface area contributed by atoms with Crippen LogP contribution < -0.4 is 10.6 Å². The van der Waals surface area contributed by atoms with Crippen LogP contribution in [-0.2, 0) is 10.3 Å². The van der Waals surface area contributed by atoms with Crippen LogP contribution in [0.3, 0.4) is 0 Å². The Labute approximate surface area is 161 Å². The zero-order valence-corrected chi connectivity index (χ0v) is 15.5. The number of hydrogen-bond donors (Lipinski definition) is 3. The Hall–Kier alpha value is -3.00. The number of ether oxygens (including phenoxy) is 1. The summed E-state index contributed by atoms with van der Waals surface area (Å²) in [5.74, 6) is 3.08. The number of anilines is 3. The molecule has 1 aromatic carbocycles. The number of aryl methyl sites for hydroxylation is 1. The van der Waals surface area contributed by atoms with E-state index < -0.39 is 5.54 Å². The Morgan fingerprint density at radius 2 is 1.82 bits per heavy atom. The number of nitrogens with one attached hydrogen (secondary N) is 3. The quantitative estimate of drug-likeness (QED) is 0.606. The van der Waals surface area contributed by atoms with Crippen LogP contribution in [0.25, 0.3) is 0 Å². The van der Waals surface area contributed by atoms with Crippen molar-refractivity contribution in [1.29, 1.82) is 0 Å². The number of aromatic amines is 1. The van der Waals surface area contributed by atoms with Gasteiger partial charge in [-0.3, -0.25) is 5.10 Å². The van der Waals surface area contributed by atoms with E-state index in [2.05, 4.69) is 30.8 Å². The van der Waals surface area contributed by atoms with E-state index >= 15 is 0 Å². The van der Waals surface area contributed by atoms with Gasteiger partial charge in [0.15, 0.2) is 5.82 Å². The monoisotopic (exact) mass is 380 g/mol. The van der Waals surface area contributed by atoms with E-state index in [0.29, 0.717) is 36.6 Å². The topological polar surface area (TPSA) is 87.8 Å². The lowest BCUT2D eigenvalue weighted by molar-refractivity contribution is -0.0449. The maximum absolute atomic E-state index is 13.3. The van der Waals surface area contributed by atoms with Crippen molar-refractivity contribution in [3.63, 3.8) is 0 Å². The van der Waals surface area contributed by atoms with Crippen LogP contribution in [0.2, 0.25) is 0 Å². The Morgan fingerprint density at radius 1 is 1.07 bits per heavy atom. The number of hydrogen-bond acceptors (Lipinski definition) is 6. The van der Waals surface area contributed by atoms with Gasteiger partial charge in [-0.2, -0.15) is 5.10 Å². The van der Waals surface area contributed by atoms with Crippen molar-refractivity contribution < 1.29 is 9.13 Å². The fraction of sp³-hybridized carbons (Fsp3) is 0.350. The molecular formula is C20H21FN6O. The average molecular weight is 380 g/mol. The zero-order valence-electron chi connectivity index (χ0n) is 15.5. The predicted octanol–water partition coefficient (Wildman–Crippen LogP) is 3.61. The number of aromatic nitrogens is 4. The minimum absolute atomic E-state index is 0.256. The van der Waals surface area contributed by atoms with E-state index in [1.165, 1.54) is 25.0 Å². The molecule has 28 heavy (non-hydrogen) atoms. The molecule has 1 aliphatic heterocycles. The number of H-pyrrole nitrogens is 1. The highest BCUT2D eigenvalue weighted by molar-refractivity contribution is 5.58. The predicted molar refractivity (Wildman–Crippen MR) is 103 cm³/mol. The normalized spacial score (nSPS) is 17.8. The highest BCUT2D eigenvalue weighted by Gasteiger charge is 2.41. The lowest BCUT2D eigenvalue weighted by atomic mass is 9.88. The van der Waals surface area contributed by atoms with Crippen molar-refractivity contribution in [3.8, 4) is 0 Å². The largest absolute Gasteiger partial charge is 0.376 e. The van der Waals surface area contributed by atoms with Gasteiger partial charge in [0.2, 0.25) is 0 Å². The van der Waals surface area contributed by atoms with Crippen molar-refractivity contribution in [2.75, 3.05) is 23.8 Å². The van der Waals surface area contributed by atoms with Crippen molar-refractivity contribution in [3.05, 3.63) is 59.3 Å². The SMILES string of the molecule is Cc1nc(Nc2cc(C3CC3)[nH]n2)cc(NC2(c3ccc(F)cc3)COC2)n1. The molecule has 3 aromatic rings. The lowest BCUT2D eigenvalue weighted by Gasteiger charge is -2.43. The van der Waals surface area contributed by atoms with Gasteiger partial charge in [-0.25, -0.2) is 14.4 Å². The molecule has 0 radical (unpaired) electrons. The van der Waals surface area contributed by atoms with Crippen LogP contribution in [0, 0.1) is 12.7 Å². The van der Waals surface area contributed by atoms with Gasteiger partial charge < -0.3 is 15.4 Å². The first kappa shape index (κ1) is 17.1. The molecule has 0 amide bonds. The molecule has 1 saturated carbocycles. The van der Waals surface area contributed by atoms with E-state index in [1.807, 2.05) is 19.1 Å². The minimum Gasteiger partial charge on any atom is -0.376 e. The maximum Gasteiger partial charge on any atom is 0.153 e. The summed E-state index contributed by atoms with van der Waals surface area (Å²) in [5.41, 5.74) is 1.71. The van der Waals surface area contributed by atoms with Gasteiger partial charge in [-0.15, -0.1) is 0 Å². The van der Waals surface area contributed by atoms with Crippen molar-refractivity contribution >= 4 is 17.5 Å². The van der Waals surface area contributed by atoms with Gasteiger partial charge in [0, 0.05) is 23.7 Å². The number of benzene rings is 1. The van der Waals surface area contributed by atoms with E-state index in [9.17, 15) is 4.39 Å². The van der Waals surface area contributed by atoms with E-state index in [4.69, 9.17) is 4.74 Å². The smallest absolute Gasteiger partial charge is 0.153 e. The minimum atomic E-state index is -0.419. The molecule has 2 fully saturated rings. The Morgan fingerprint density at radius 3 is 2.50 bits per heavy atom. The van der Waals surface area contributed by atoms with Gasteiger partial charge in [0.25, 0.3) is 0 Å². The summed E-state index contributed by atoms with van der Waals surface area (Å²) >= 11 is 0. The molecule has 8 heteroatoms. The van der Waals surface area contributed by atoms with Crippen molar-refractivity contribution in [1.82, 2.24) is 20.2 Å². The van der Waals surface area contributed by atoms with Gasteiger partial charge in [-0.1, -0.05) is 12.1 Å². The second-order valence-corrected chi connectivity index (χ2v) is 7.50. The second-order valence-electron chi connectivity index (χ2n) is 7.50.